The van der Waals surface area contributed by atoms with Crippen LogP contribution in [0.15, 0.2) is 46.2 Å². The first-order chi connectivity index (χ1) is 14.3. The van der Waals surface area contributed by atoms with E-state index in [9.17, 15) is 9.59 Å². The smallest absolute Gasteiger partial charge is 0.275 e. The first kappa shape index (κ1) is 20.1. The largest absolute Gasteiger partial charge is 0.334 e. The van der Waals surface area contributed by atoms with Gasteiger partial charge < -0.3 is 9.88 Å². The van der Waals surface area contributed by atoms with Crippen molar-refractivity contribution in [2.24, 2.45) is 7.05 Å². The Labute approximate surface area is 175 Å². The first-order valence-corrected chi connectivity index (χ1v) is 10.3. The number of pyridine rings is 2. The molecule has 0 amide bonds. The molecule has 0 aromatic carbocycles. The number of aryl methyl sites for hydroxylation is 1. The van der Waals surface area contributed by atoms with Crippen LogP contribution in [0.4, 0.5) is 11.5 Å². The van der Waals surface area contributed by atoms with E-state index in [0.29, 0.717) is 23.6 Å². The van der Waals surface area contributed by atoms with Crippen molar-refractivity contribution in [2.75, 3.05) is 5.32 Å². The number of aromatic nitrogens is 4. The van der Waals surface area contributed by atoms with E-state index in [1.165, 1.54) is 9.25 Å². The highest BCUT2D eigenvalue weighted by Gasteiger charge is 2.22. The molecule has 3 aromatic rings. The molecule has 7 nitrogen and oxygen atoms in total. The lowest BCUT2D eigenvalue weighted by Crippen LogP contribution is -2.30. The van der Waals surface area contributed by atoms with Crippen LogP contribution in [0.1, 0.15) is 50.4 Å². The average molecular weight is 406 g/mol. The summed E-state index contributed by atoms with van der Waals surface area (Å²) in [5.41, 5.74) is 3.35. The Bertz CT molecular complexity index is 1200. The van der Waals surface area contributed by atoms with Gasteiger partial charge in [0, 0.05) is 35.5 Å². The Morgan fingerprint density at radius 1 is 1.00 bits per heavy atom. The van der Waals surface area contributed by atoms with Gasteiger partial charge in [-0.05, 0) is 49.9 Å². The Kier molecular flexibility index (Phi) is 5.05. The molecule has 1 aliphatic rings. The molecule has 0 saturated heterocycles. The number of nitrogens with one attached hydrogen (secondary N) is 1. The summed E-state index contributed by atoms with van der Waals surface area (Å²) in [7, 11) is 1.71. The van der Waals surface area contributed by atoms with Crippen molar-refractivity contribution >= 4 is 11.5 Å². The molecule has 30 heavy (non-hydrogen) atoms. The van der Waals surface area contributed by atoms with E-state index in [1.807, 2.05) is 12.1 Å². The van der Waals surface area contributed by atoms with Gasteiger partial charge in [0.25, 0.3) is 11.1 Å². The molecular weight excluding hydrogens is 378 g/mol. The highest BCUT2D eigenvalue weighted by Crippen LogP contribution is 2.26. The van der Waals surface area contributed by atoms with Crippen molar-refractivity contribution in [2.45, 2.75) is 51.9 Å². The van der Waals surface area contributed by atoms with Gasteiger partial charge in [-0.2, -0.15) is 4.68 Å². The second-order valence-corrected chi connectivity index (χ2v) is 8.84. The SMILES string of the molecule is Cn1cccc(Nc2nn(-c3ccc(C(C)(C)C)nc3)c(=O)c3c2CCCC3)c1=O. The van der Waals surface area contributed by atoms with Crippen LogP contribution in [-0.4, -0.2) is 19.3 Å². The number of hydrogen-bond acceptors (Lipinski definition) is 5. The van der Waals surface area contributed by atoms with Crippen LogP contribution in [0, 0.1) is 0 Å². The minimum atomic E-state index is -0.141. The van der Waals surface area contributed by atoms with Crippen LogP contribution in [0.2, 0.25) is 0 Å². The Balaban J connectivity index is 1.84. The van der Waals surface area contributed by atoms with Crippen molar-refractivity contribution in [3.8, 4) is 5.69 Å². The van der Waals surface area contributed by atoms with Crippen molar-refractivity contribution in [1.29, 1.82) is 0 Å². The molecule has 156 valence electrons. The van der Waals surface area contributed by atoms with Crippen molar-refractivity contribution in [1.82, 2.24) is 19.3 Å². The van der Waals surface area contributed by atoms with Gasteiger partial charge >= 0.3 is 0 Å². The first-order valence-electron chi connectivity index (χ1n) is 10.3. The number of hydrogen-bond donors (Lipinski definition) is 1. The zero-order chi connectivity index (χ0) is 21.5. The number of fused-ring (bicyclic) bond motifs is 1. The third-order valence-electron chi connectivity index (χ3n) is 5.54. The quantitative estimate of drug-likeness (QED) is 0.723. The van der Waals surface area contributed by atoms with Crippen LogP contribution < -0.4 is 16.4 Å². The van der Waals surface area contributed by atoms with Crippen molar-refractivity contribution < 1.29 is 0 Å². The fourth-order valence-electron chi connectivity index (χ4n) is 3.79. The molecule has 0 spiro atoms. The molecule has 4 rings (SSSR count). The Hall–Kier alpha value is -3.22. The topological polar surface area (TPSA) is 81.8 Å². The van der Waals surface area contributed by atoms with Gasteiger partial charge in [-0.15, -0.1) is 5.10 Å². The van der Waals surface area contributed by atoms with Crippen molar-refractivity contribution in [3.63, 3.8) is 0 Å². The molecule has 0 aliphatic heterocycles. The summed E-state index contributed by atoms with van der Waals surface area (Å²) in [4.78, 5) is 30.2. The monoisotopic (exact) mass is 405 g/mol. The number of rotatable bonds is 3. The van der Waals surface area contributed by atoms with Crippen LogP contribution in [0.25, 0.3) is 5.69 Å². The van der Waals surface area contributed by atoms with Gasteiger partial charge in [-0.3, -0.25) is 14.6 Å². The highest BCUT2D eigenvalue weighted by atomic mass is 16.1. The lowest BCUT2D eigenvalue weighted by atomic mass is 9.91. The maximum Gasteiger partial charge on any atom is 0.275 e. The zero-order valence-electron chi connectivity index (χ0n) is 17.9. The lowest BCUT2D eigenvalue weighted by Gasteiger charge is -2.21. The molecular formula is C23H27N5O2. The van der Waals surface area contributed by atoms with E-state index in [2.05, 4.69) is 36.2 Å². The highest BCUT2D eigenvalue weighted by molar-refractivity contribution is 5.60. The molecule has 0 saturated carbocycles. The predicted octanol–water partition coefficient (Wildman–Crippen LogP) is 3.25. The summed E-state index contributed by atoms with van der Waals surface area (Å²) in [5, 5.41) is 7.81. The normalized spacial score (nSPS) is 13.7. The van der Waals surface area contributed by atoms with E-state index >= 15 is 0 Å². The van der Waals surface area contributed by atoms with Gasteiger partial charge in [0.05, 0.1) is 11.9 Å². The third kappa shape index (κ3) is 3.67. The third-order valence-corrected chi connectivity index (χ3v) is 5.54. The minimum Gasteiger partial charge on any atom is -0.334 e. The summed E-state index contributed by atoms with van der Waals surface area (Å²) >= 11 is 0. The van der Waals surface area contributed by atoms with E-state index in [-0.39, 0.29) is 16.5 Å². The molecule has 1 N–H and O–H groups in total. The molecule has 0 radical (unpaired) electrons. The number of nitrogens with zero attached hydrogens (tertiary/aromatic N) is 4. The molecule has 7 heteroatoms. The maximum absolute atomic E-state index is 13.2. The summed E-state index contributed by atoms with van der Waals surface area (Å²) < 4.78 is 2.92. The van der Waals surface area contributed by atoms with Crippen LogP contribution in [-0.2, 0) is 25.3 Å². The van der Waals surface area contributed by atoms with E-state index in [4.69, 9.17) is 0 Å². The fourth-order valence-corrected chi connectivity index (χ4v) is 3.79. The lowest BCUT2D eigenvalue weighted by molar-refractivity contribution is 0.568. The molecule has 3 aromatic heterocycles. The van der Waals surface area contributed by atoms with Gasteiger partial charge in [0.2, 0.25) is 0 Å². The van der Waals surface area contributed by atoms with E-state index in [0.717, 1.165) is 36.1 Å². The summed E-state index contributed by atoms with van der Waals surface area (Å²) in [5.74, 6) is 0.562. The molecule has 0 atom stereocenters. The summed E-state index contributed by atoms with van der Waals surface area (Å²) in [6.45, 7) is 6.29. The van der Waals surface area contributed by atoms with Gasteiger partial charge in [0.15, 0.2) is 5.82 Å². The Morgan fingerprint density at radius 3 is 2.40 bits per heavy atom. The summed E-state index contributed by atoms with van der Waals surface area (Å²) in [6, 6.07) is 7.35. The fraction of sp³-hybridized carbons (Fsp3) is 0.391. The maximum atomic E-state index is 13.2. The van der Waals surface area contributed by atoms with E-state index in [1.54, 1.807) is 31.6 Å². The second-order valence-electron chi connectivity index (χ2n) is 8.84. The van der Waals surface area contributed by atoms with Gasteiger partial charge in [-0.1, -0.05) is 20.8 Å². The standard InChI is InChI=1S/C23H27N5O2/c1-23(2,3)19-12-11-15(14-24-19)28-21(29)17-9-6-5-8-16(17)20(26-28)25-18-10-7-13-27(4)22(18)30/h7,10-14H,5-6,8-9H2,1-4H3,(H,25,26). The zero-order valence-corrected chi connectivity index (χ0v) is 17.9. The van der Waals surface area contributed by atoms with Crippen LogP contribution >= 0.6 is 0 Å². The van der Waals surface area contributed by atoms with Gasteiger partial charge in [-0.25, -0.2) is 0 Å². The number of anilines is 2. The molecule has 0 bridgehead atoms. The molecule has 1 aliphatic carbocycles. The van der Waals surface area contributed by atoms with Gasteiger partial charge in [0.1, 0.15) is 5.69 Å². The molecule has 0 unspecified atom stereocenters. The summed E-state index contributed by atoms with van der Waals surface area (Å²) in [6.07, 6.45) is 6.86. The van der Waals surface area contributed by atoms with Crippen LogP contribution in [0.5, 0.6) is 0 Å². The Morgan fingerprint density at radius 2 is 1.73 bits per heavy atom. The predicted molar refractivity (Wildman–Crippen MR) is 118 cm³/mol. The molecule has 3 heterocycles. The van der Waals surface area contributed by atoms with E-state index < -0.39 is 0 Å². The molecule has 0 fully saturated rings. The van der Waals surface area contributed by atoms with Crippen molar-refractivity contribution in [3.05, 3.63) is 74.2 Å². The average Bonchev–Trinajstić information content (AvgIpc) is 2.73. The van der Waals surface area contributed by atoms with Crippen LogP contribution in [0.3, 0.4) is 0 Å². The second kappa shape index (κ2) is 7.55. The minimum absolute atomic E-state index is 0.0765.